The van der Waals surface area contributed by atoms with Crippen LogP contribution in [0.15, 0.2) is 27.2 Å². The van der Waals surface area contributed by atoms with Crippen LogP contribution in [0, 0.1) is 0 Å². The Labute approximate surface area is 151 Å². The summed E-state index contributed by atoms with van der Waals surface area (Å²) in [5.74, 6) is 0.674. The van der Waals surface area contributed by atoms with Crippen LogP contribution in [0.4, 0.5) is 5.13 Å². The van der Waals surface area contributed by atoms with Crippen LogP contribution >= 0.6 is 22.7 Å². The number of aliphatic imine (C=N–C) groups is 1. The minimum atomic E-state index is -0.936. The molecule has 0 bridgehead atoms. The monoisotopic (exact) mass is 367 g/mol. The Morgan fingerprint density at radius 2 is 2.17 bits per heavy atom. The molecule has 0 saturated carbocycles. The fraction of sp³-hybridized carbons (Fsp3) is 0.500. The Balaban J connectivity index is 1.97. The lowest BCUT2D eigenvalue weighted by Gasteiger charge is -2.24. The van der Waals surface area contributed by atoms with Crippen LogP contribution in [0.3, 0.4) is 0 Å². The summed E-state index contributed by atoms with van der Waals surface area (Å²) in [5, 5.41) is 23.9. The third-order valence-electron chi connectivity index (χ3n) is 3.41. The van der Waals surface area contributed by atoms with Crippen molar-refractivity contribution in [1.82, 2.24) is 15.6 Å². The molecular weight excluding hydrogens is 342 g/mol. The van der Waals surface area contributed by atoms with Gasteiger partial charge in [0.05, 0.1) is 18.8 Å². The molecule has 0 aliphatic carbocycles. The van der Waals surface area contributed by atoms with Crippen LogP contribution in [0.2, 0.25) is 0 Å². The number of guanidine groups is 1. The van der Waals surface area contributed by atoms with E-state index in [1.165, 1.54) is 0 Å². The maximum atomic E-state index is 10.6. The van der Waals surface area contributed by atoms with Gasteiger partial charge in [-0.15, -0.1) is 11.3 Å². The van der Waals surface area contributed by atoms with Crippen LogP contribution < -0.4 is 15.5 Å². The molecule has 0 radical (unpaired) electrons. The van der Waals surface area contributed by atoms with E-state index in [1.54, 1.807) is 29.6 Å². The normalized spacial score (nSPS) is 14.3. The number of nitrogens with one attached hydrogen (secondary N) is 2. The molecular formula is C16H25N5OS2. The van der Waals surface area contributed by atoms with Gasteiger partial charge in [0.25, 0.3) is 0 Å². The first-order valence-electron chi connectivity index (χ1n) is 7.81. The summed E-state index contributed by atoms with van der Waals surface area (Å²) >= 11 is 3.18. The van der Waals surface area contributed by atoms with Crippen molar-refractivity contribution in [3.8, 4) is 0 Å². The van der Waals surface area contributed by atoms with Crippen molar-refractivity contribution in [1.29, 1.82) is 0 Å². The van der Waals surface area contributed by atoms with Gasteiger partial charge in [0.2, 0.25) is 0 Å². The molecule has 2 aromatic heterocycles. The molecule has 1 atom stereocenters. The van der Waals surface area contributed by atoms with Gasteiger partial charge in [-0.2, -0.15) is 11.3 Å². The van der Waals surface area contributed by atoms with Crippen LogP contribution in [-0.4, -0.2) is 43.2 Å². The summed E-state index contributed by atoms with van der Waals surface area (Å²) in [6, 6.07) is 1.94. The van der Waals surface area contributed by atoms with Crippen LogP contribution in [0.1, 0.15) is 25.1 Å². The highest BCUT2D eigenvalue weighted by atomic mass is 32.1. The molecule has 0 saturated heterocycles. The number of nitrogens with zero attached hydrogens (tertiary/aromatic N) is 3. The average Bonchev–Trinajstić information content (AvgIpc) is 3.21. The van der Waals surface area contributed by atoms with Gasteiger partial charge in [0.15, 0.2) is 11.1 Å². The lowest BCUT2D eigenvalue weighted by atomic mass is 9.99. The first-order valence-corrected chi connectivity index (χ1v) is 9.63. The molecule has 2 rings (SSSR count). The Morgan fingerprint density at radius 3 is 2.75 bits per heavy atom. The molecule has 0 fully saturated rings. The van der Waals surface area contributed by atoms with Crippen LogP contribution in [0.5, 0.6) is 0 Å². The van der Waals surface area contributed by atoms with E-state index >= 15 is 0 Å². The van der Waals surface area contributed by atoms with E-state index in [2.05, 4.69) is 20.6 Å². The molecule has 0 spiro atoms. The van der Waals surface area contributed by atoms with Gasteiger partial charge in [-0.3, -0.25) is 0 Å². The first kappa shape index (κ1) is 18.7. The van der Waals surface area contributed by atoms with Gasteiger partial charge in [0.1, 0.15) is 5.60 Å². The smallest absolute Gasteiger partial charge is 0.191 e. The third kappa shape index (κ3) is 5.19. The van der Waals surface area contributed by atoms with Crippen LogP contribution in [-0.2, 0) is 12.1 Å². The lowest BCUT2D eigenvalue weighted by Crippen LogP contribution is -2.44. The van der Waals surface area contributed by atoms with E-state index in [4.69, 9.17) is 0 Å². The van der Waals surface area contributed by atoms with Crippen molar-refractivity contribution in [3.05, 3.63) is 33.5 Å². The van der Waals surface area contributed by atoms with E-state index in [0.717, 1.165) is 22.9 Å². The number of aromatic nitrogens is 1. The molecule has 132 valence electrons. The van der Waals surface area contributed by atoms with Crippen molar-refractivity contribution >= 4 is 33.8 Å². The predicted molar refractivity (Wildman–Crippen MR) is 103 cm³/mol. The standard InChI is InChI=1S/C16H25N5OS2/c1-5-17-14(18-8-13-10-24-15(20-13)21(3)4)19-11-16(2,22)12-6-7-23-9-12/h6-7,9-10,22H,5,8,11H2,1-4H3,(H2,17,18,19). The Morgan fingerprint density at radius 1 is 1.38 bits per heavy atom. The van der Waals surface area contributed by atoms with Gasteiger partial charge in [-0.05, 0) is 36.2 Å². The second-order valence-corrected chi connectivity index (χ2v) is 7.47. The van der Waals surface area contributed by atoms with Crippen molar-refractivity contribution < 1.29 is 5.11 Å². The van der Waals surface area contributed by atoms with Crippen LogP contribution in [0.25, 0.3) is 0 Å². The molecule has 0 aromatic carbocycles. The summed E-state index contributed by atoms with van der Waals surface area (Å²) in [6.45, 7) is 5.46. The molecule has 0 aliphatic rings. The molecule has 2 heterocycles. The van der Waals surface area contributed by atoms with Crippen molar-refractivity contribution in [2.45, 2.75) is 26.0 Å². The minimum absolute atomic E-state index is 0.385. The second-order valence-electron chi connectivity index (χ2n) is 5.85. The zero-order valence-corrected chi connectivity index (χ0v) is 16.2. The predicted octanol–water partition coefficient (Wildman–Crippen LogP) is 2.23. The van der Waals surface area contributed by atoms with E-state index < -0.39 is 5.60 Å². The maximum absolute atomic E-state index is 10.6. The highest BCUT2D eigenvalue weighted by Crippen LogP contribution is 2.22. The molecule has 6 nitrogen and oxygen atoms in total. The summed E-state index contributed by atoms with van der Waals surface area (Å²) < 4.78 is 0. The first-order chi connectivity index (χ1) is 11.4. The Bertz CT molecular complexity index is 649. The molecule has 8 heteroatoms. The van der Waals surface area contributed by atoms with Gasteiger partial charge < -0.3 is 20.6 Å². The Kier molecular flexibility index (Phi) is 6.59. The third-order valence-corrected chi connectivity index (χ3v) is 5.15. The second kappa shape index (κ2) is 8.46. The van der Waals surface area contributed by atoms with Gasteiger partial charge in [-0.25, -0.2) is 9.98 Å². The Hall–Kier alpha value is -1.64. The summed E-state index contributed by atoms with van der Waals surface area (Å²) in [7, 11) is 3.95. The number of anilines is 1. The quantitative estimate of drug-likeness (QED) is 0.517. The topological polar surface area (TPSA) is 72.8 Å². The van der Waals surface area contributed by atoms with Gasteiger partial charge in [-0.1, -0.05) is 0 Å². The lowest BCUT2D eigenvalue weighted by molar-refractivity contribution is 0.0621. The fourth-order valence-electron chi connectivity index (χ4n) is 2.00. The minimum Gasteiger partial charge on any atom is -0.384 e. The number of thiazole rings is 1. The van der Waals surface area contributed by atoms with Crippen molar-refractivity contribution in [3.63, 3.8) is 0 Å². The summed E-state index contributed by atoms with van der Waals surface area (Å²) in [5.41, 5.74) is 0.908. The molecule has 0 aliphatic heterocycles. The van der Waals surface area contributed by atoms with E-state index in [9.17, 15) is 5.11 Å². The van der Waals surface area contributed by atoms with E-state index in [-0.39, 0.29) is 0 Å². The largest absolute Gasteiger partial charge is 0.384 e. The van der Waals surface area contributed by atoms with Crippen molar-refractivity contribution in [2.24, 2.45) is 4.99 Å². The zero-order valence-electron chi connectivity index (χ0n) is 14.5. The molecule has 1 unspecified atom stereocenters. The van der Waals surface area contributed by atoms with Gasteiger partial charge in [0, 0.05) is 26.0 Å². The highest BCUT2D eigenvalue weighted by Gasteiger charge is 2.23. The number of aliphatic hydroxyl groups is 1. The van der Waals surface area contributed by atoms with Crippen molar-refractivity contribution in [2.75, 3.05) is 32.1 Å². The summed E-state index contributed by atoms with van der Waals surface area (Å²) in [6.07, 6.45) is 0. The average molecular weight is 368 g/mol. The highest BCUT2D eigenvalue weighted by molar-refractivity contribution is 7.13. The number of hydrogen-bond donors (Lipinski definition) is 3. The molecule has 0 amide bonds. The van der Waals surface area contributed by atoms with E-state index in [0.29, 0.717) is 19.0 Å². The molecule has 24 heavy (non-hydrogen) atoms. The number of hydrogen-bond acceptors (Lipinski definition) is 6. The molecule has 3 N–H and O–H groups in total. The number of rotatable bonds is 7. The summed E-state index contributed by atoms with van der Waals surface area (Å²) in [4.78, 5) is 11.1. The maximum Gasteiger partial charge on any atom is 0.191 e. The van der Waals surface area contributed by atoms with Gasteiger partial charge >= 0.3 is 0 Å². The van der Waals surface area contributed by atoms with E-state index in [1.807, 2.05) is 48.1 Å². The fourth-order valence-corrected chi connectivity index (χ4v) is 3.54. The zero-order chi connectivity index (χ0) is 17.6. The molecule has 2 aromatic rings. The SMILES string of the molecule is CCNC(=NCc1csc(N(C)C)n1)NCC(C)(O)c1ccsc1. The number of thiophene rings is 1.